The number of carbonyl (C=O) groups is 1. The summed E-state index contributed by atoms with van der Waals surface area (Å²) < 4.78 is 11.5. The Morgan fingerprint density at radius 3 is 2.75 bits per heavy atom. The lowest BCUT2D eigenvalue weighted by Crippen LogP contribution is -2.37. The van der Waals surface area contributed by atoms with Gasteiger partial charge in [-0.3, -0.25) is 9.59 Å². The summed E-state index contributed by atoms with van der Waals surface area (Å²) in [5.74, 6) is 1.10. The van der Waals surface area contributed by atoms with Gasteiger partial charge in [-0.2, -0.15) is 0 Å². The molecule has 0 aliphatic carbocycles. The first-order valence-corrected chi connectivity index (χ1v) is 9.45. The van der Waals surface area contributed by atoms with E-state index in [0.717, 1.165) is 31.6 Å². The van der Waals surface area contributed by atoms with Crippen molar-refractivity contribution in [3.63, 3.8) is 0 Å². The van der Waals surface area contributed by atoms with Crippen molar-refractivity contribution in [3.05, 3.63) is 64.8 Å². The van der Waals surface area contributed by atoms with Crippen LogP contribution in [0.1, 0.15) is 6.42 Å². The van der Waals surface area contributed by atoms with Crippen molar-refractivity contribution in [3.8, 4) is 17.1 Å². The molecule has 1 saturated heterocycles. The highest BCUT2D eigenvalue weighted by molar-refractivity contribution is 5.79. The van der Waals surface area contributed by atoms with Crippen molar-refractivity contribution >= 4 is 16.9 Å². The Morgan fingerprint density at radius 1 is 1.07 bits per heavy atom. The second-order valence-electron chi connectivity index (χ2n) is 6.77. The van der Waals surface area contributed by atoms with Gasteiger partial charge in [0.15, 0.2) is 12.0 Å². The third-order valence-corrected chi connectivity index (χ3v) is 4.83. The minimum absolute atomic E-state index is 0.00620. The highest BCUT2D eigenvalue weighted by Crippen LogP contribution is 2.24. The van der Waals surface area contributed by atoms with Crippen molar-refractivity contribution < 1.29 is 13.9 Å². The molecule has 0 radical (unpaired) electrons. The van der Waals surface area contributed by atoms with Crippen LogP contribution in [0.5, 0.6) is 5.75 Å². The predicted octanol–water partition coefficient (Wildman–Crippen LogP) is 2.66. The number of nitrogens with zero attached hydrogens (tertiary/aromatic N) is 1. The van der Waals surface area contributed by atoms with Gasteiger partial charge < -0.3 is 19.4 Å². The zero-order valence-electron chi connectivity index (χ0n) is 15.5. The summed E-state index contributed by atoms with van der Waals surface area (Å²) in [5, 5.41) is 3.84. The highest BCUT2D eigenvalue weighted by atomic mass is 16.5. The second kappa shape index (κ2) is 8.27. The molecule has 1 aliphatic heterocycles. The largest absolute Gasteiger partial charge is 0.484 e. The van der Waals surface area contributed by atoms with Crippen LogP contribution < -0.4 is 15.5 Å². The quantitative estimate of drug-likeness (QED) is 0.756. The molecule has 3 aromatic rings. The van der Waals surface area contributed by atoms with Crippen molar-refractivity contribution in [2.45, 2.75) is 6.42 Å². The van der Waals surface area contributed by atoms with Crippen LogP contribution in [-0.4, -0.2) is 43.6 Å². The molecule has 2 aromatic carbocycles. The van der Waals surface area contributed by atoms with Gasteiger partial charge in [-0.05, 0) is 49.4 Å². The first-order chi connectivity index (χ1) is 13.7. The third-order valence-electron chi connectivity index (χ3n) is 4.83. The molecule has 28 heavy (non-hydrogen) atoms. The standard InChI is InChI=1S/C22H22N2O4/c25-19-14-21(28-20-5-2-1-4-18(19)20)16-6-8-17(9-7-16)27-15-22(26)24-12-3-10-23-11-13-24/h1-2,4-9,14,23H,3,10-13,15H2. The van der Waals surface area contributed by atoms with E-state index in [-0.39, 0.29) is 17.9 Å². The Bertz CT molecular complexity index is 1020. The van der Waals surface area contributed by atoms with E-state index in [2.05, 4.69) is 5.32 Å². The minimum Gasteiger partial charge on any atom is -0.484 e. The van der Waals surface area contributed by atoms with Crippen molar-refractivity contribution in [1.29, 1.82) is 0 Å². The molecule has 0 unspecified atom stereocenters. The molecule has 0 atom stereocenters. The smallest absolute Gasteiger partial charge is 0.260 e. The van der Waals surface area contributed by atoms with Crippen molar-refractivity contribution in [1.82, 2.24) is 10.2 Å². The van der Waals surface area contributed by atoms with Crippen LogP contribution in [0.25, 0.3) is 22.3 Å². The molecule has 6 heteroatoms. The molecule has 4 rings (SSSR count). The van der Waals surface area contributed by atoms with E-state index in [9.17, 15) is 9.59 Å². The maximum absolute atomic E-state index is 12.3. The van der Waals surface area contributed by atoms with E-state index in [1.807, 2.05) is 29.2 Å². The van der Waals surface area contributed by atoms with Crippen LogP contribution in [0.4, 0.5) is 0 Å². The Balaban J connectivity index is 1.44. The zero-order chi connectivity index (χ0) is 19.3. The van der Waals surface area contributed by atoms with Gasteiger partial charge in [0.25, 0.3) is 5.91 Å². The number of ether oxygens (including phenoxy) is 1. The number of hydrogen-bond acceptors (Lipinski definition) is 5. The number of nitrogens with one attached hydrogen (secondary N) is 1. The van der Waals surface area contributed by atoms with Gasteiger partial charge in [0.05, 0.1) is 5.39 Å². The SMILES string of the molecule is O=C(COc1ccc(-c2cc(=O)c3ccccc3o2)cc1)N1CCCNCC1. The minimum atomic E-state index is -0.0743. The molecule has 144 valence electrons. The molecular formula is C22H22N2O4. The topological polar surface area (TPSA) is 71.8 Å². The third kappa shape index (κ3) is 4.07. The van der Waals surface area contributed by atoms with Gasteiger partial charge in [-0.25, -0.2) is 0 Å². The van der Waals surface area contributed by atoms with E-state index in [4.69, 9.17) is 9.15 Å². The van der Waals surface area contributed by atoms with Gasteiger partial charge in [0.1, 0.15) is 17.1 Å². The molecule has 1 amide bonds. The molecule has 2 heterocycles. The summed E-state index contributed by atoms with van der Waals surface area (Å²) >= 11 is 0. The molecule has 1 aliphatic rings. The molecule has 0 bridgehead atoms. The molecule has 1 aromatic heterocycles. The van der Waals surface area contributed by atoms with Gasteiger partial charge in [-0.15, -0.1) is 0 Å². The van der Waals surface area contributed by atoms with Crippen LogP contribution in [-0.2, 0) is 4.79 Å². The van der Waals surface area contributed by atoms with E-state index in [1.165, 1.54) is 6.07 Å². The average Bonchev–Trinajstić information content (AvgIpc) is 3.02. The van der Waals surface area contributed by atoms with Gasteiger partial charge in [-0.1, -0.05) is 12.1 Å². The molecule has 0 spiro atoms. The fourth-order valence-electron chi connectivity index (χ4n) is 3.29. The predicted molar refractivity (Wildman–Crippen MR) is 107 cm³/mol. The van der Waals surface area contributed by atoms with Crippen LogP contribution >= 0.6 is 0 Å². The molecule has 1 fully saturated rings. The molecular weight excluding hydrogens is 356 g/mol. The first kappa shape index (κ1) is 18.3. The Kier molecular flexibility index (Phi) is 5.39. The number of amides is 1. The molecule has 6 nitrogen and oxygen atoms in total. The van der Waals surface area contributed by atoms with Crippen molar-refractivity contribution in [2.75, 3.05) is 32.8 Å². The van der Waals surface area contributed by atoms with Crippen LogP contribution in [0.2, 0.25) is 0 Å². The first-order valence-electron chi connectivity index (χ1n) is 9.45. The fourth-order valence-corrected chi connectivity index (χ4v) is 3.29. The number of fused-ring (bicyclic) bond motifs is 1. The summed E-state index contributed by atoms with van der Waals surface area (Å²) in [6, 6.07) is 15.9. The summed E-state index contributed by atoms with van der Waals surface area (Å²) in [4.78, 5) is 26.4. The highest BCUT2D eigenvalue weighted by Gasteiger charge is 2.15. The number of para-hydroxylation sites is 1. The molecule has 1 N–H and O–H groups in total. The monoisotopic (exact) mass is 378 g/mol. The average molecular weight is 378 g/mol. The second-order valence-corrected chi connectivity index (χ2v) is 6.77. The number of rotatable bonds is 4. The number of benzene rings is 2. The van der Waals surface area contributed by atoms with Crippen LogP contribution in [0.15, 0.2) is 63.8 Å². The fraction of sp³-hybridized carbons (Fsp3) is 0.273. The van der Waals surface area contributed by atoms with Gasteiger partial charge in [0.2, 0.25) is 0 Å². The lowest BCUT2D eigenvalue weighted by molar-refractivity contribution is -0.133. The lowest BCUT2D eigenvalue weighted by atomic mass is 10.1. The van der Waals surface area contributed by atoms with Crippen LogP contribution in [0.3, 0.4) is 0 Å². The lowest BCUT2D eigenvalue weighted by Gasteiger charge is -2.20. The summed E-state index contributed by atoms with van der Waals surface area (Å²) in [6.07, 6.45) is 0.956. The number of carbonyl (C=O) groups excluding carboxylic acids is 1. The summed E-state index contributed by atoms with van der Waals surface area (Å²) in [5.41, 5.74) is 1.26. The van der Waals surface area contributed by atoms with Crippen LogP contribution in [0, 0.1) is 0 Å². The van der Waals surface area contributed by atoms with E-state index in [0.29, 0.717) is 29.0 Å². The Morgan fingerprint density at radius 2 is 1.89 bits per heavy atom. The van der Waals surface area contributed by atoms with Crippen molar-refractivity contribution in [2.24, 2.45) is 0 Å². The zero-order valence-corrected chi connectivity index (χ0v) is 15.5. The Labute approximate surface area is 162 Å². The van der Waals surface area contributed by atoms with Gasteiger partial charge >= 0.3 is 0 Å². The van der Waals surface area contributed by atoms with Gasteiger partial charge in [0, 0.05) is 31.3 Å². The maximum atomic E-state index is 12.3. The van der Waals surface area contributed by atoms with E-state index >= 15 is 0 Å². The normalized spacial score (nSPS) is 14.6. The summed E-state index contributed by atoms with van der Waals surface area (Å²) in [6.45, 7) is 3.25. The van der Waals surface area contributed by atoms with E-state index in [1.54, 1.807) is 24.3 Å². The van der Waals surface area contributed by atoms with E-state index < -0.39 is 0 Å². The number of hydrogen-bond donors (Lipinski definition) is 1. The Hall–Kier alpha value is -3.12. The molecule has 0 saturated carbocycles. The summed E-state index contributed by atoms with van der Waals surface area (Å²) in [7, 11) is 0. The maximum Gasteiger partial charge on any atom is 0.260 e.